The maximum atomic E-state index is 8.78. The van der Waals surface area contributed by atoms with Gasteiger partial charge in [0.1, 0.15) is 11.8 Å². The average Bonchev–Trinajstić information content (AvgIpc) is 2.42. The van der Waals surface area contributed by atoms with Gasteiger partial charge in [-0.05, 0) is 25.0 Å². The summed E-state index contributed by atoms with van der Waals surface area (Å²) in [5.41, 5.74) is 1.38. The van der Waals surface area contributed by atoms with Crippen LogP contribution < -0.4 is 5.32 Å². The van der Waals surface area contributed by atoms with Gasteiger partial charge in [0.2, 0.25) is 0 Å². The van der Waals surface area contributed by atoms with E-state index in [1.807, 2.05) is 12.1 Å². The molecule has 0 spiro atoms. The van der Waals surface area contributed by atoms with Gasteiger partial charge in [-0.15, -0.1) is 0 Å². The fraction of sp³-hybridized carbons (Fsp3) is 0.462. The van der Waals surface area contributed by atoms with Gasteiger partial charge >= 0.3 is 0 Å². The van der Waals surface area contributed by atoms with Crippen LogP contribution >= 0.6 is 0 Å². The molecule has 1 saturated heterocycles. The summed E-state index contributed by atoms with van der Waals surface area (Å²) in [7, 11) is 0. The van der Waals surface area contributed by atoms with Crippen LogP contribution in [0.1, 0.15) is 18.5 Å². The van der Waals surface area contributed by atoms with Crippen LogP contribution in [0.2, 0.25) is 0 Å². The Morgan fingerprint density at radius 2 is 2.17 bits per heavy atom. The highest BCUT2D eigenvalue weighted by atomic mass is 15.1. The molecule has 18 heavy (non-hydrogen) atoms. The molecule has 0 unspecified atom stereocenters. The average molecular weight is 241 g/mol. The van der Waals surface area contributed by atoms with E-state index in [4.69, 9.17) is 10.5 Å². The van der Waals surface area contributed by atoms with Crippen LogP contribution in [0, 0.1) is 22.7 Å². The molecule has 0 saturated carbocycles. The van der Waals surface area contributed by atoms with Gasteiger partial charge in [-0.1, -0.05) is 0 Å². The summed E-state index contributed by atoms with van der Waals surface area (Å²) >= 11 is 0. The van der Waals surface area contributed by atoms with E-state index in [9.17, 15) is 0 Å². The van der Waals surface area contributed by atoms with Crippen molar-refractivity contribution in [1.29, 1.82) is 10.5 Å². The predicted molar refractivity (Wildman–Crippen MR) is 67.6 cm³/mol. The molecule has 0 aliphatic carbocycles. The molecular formula is C13H15N5. The smallest absolute Gasteiger partial charge is 0.142 e. The van der Waals surface area contributed by atoms with E-state index in [-0.39, 0.29) is 0 Å². The van der Waals surface area contributed by atoms with Crippen molar-refractivity contribution in [3.05, 3.63) is 24.0 Å². The summed E-state index contributed by atoms with van der Waals surface area (Å²) in [6.07, 6.45) is 3.68. The van der Waals surface area contributed by atoms with Crippen molar-refractivity contribution in [3.63, 3.8) is 0 Å². The van der Waals surface area contributed by atoms with E-state index >= 15 is 0 Å². The highest BCUT2D eigenvalue weighted by Crippen LogP contribution is 2.16. The maximum Gasteiger partial charge on any atom is 0.142 e. The fourth-order valence-electron chi connectivity index (χ4n) is 2.15. The third kappa shape index (κ3) is 3.19. The van der Waals surface area contributed by atoms with Crippen molar-refractivity contribution in [1.82, 2.24) is 9.88 Å². The van der Waals surface area contributed by atoms with Crippen LogP contribution in [0.5, 0.6) is 0 Å². The number of hydrogen-bond donors (Lipinski definition) is 1. The van der Waals surface area contributed by atoms with Crippen molar-refractivity contribution >= 4 is 5.69 Å². The van der Waals surface area contributed by atoms with Crippen molar-refractivity contribution in [2.75, 3.05) is 25.0 Å². The number of nitrogens with zero attached hydrogens (tertiary/aromatic N) is 4. The quantitative estimate of drug-likeness (QED) is 0.808. The minimum atomic E-state index is 0.411. The van der Waals surface area contributed by atoms with Gasteiger partial charge in [-0.3, -0.25) is 4.90 Å². The van der Waals surface area contributed by atoms with Gasteiger partial charge in [-0.25, -0.2) is 4.98 Å². The molecule has 5 nitrogen and oxygen atoms in total. The number of hydrogen-bond acceptors (Lipinski definition) is 5. The van der Waals surface area contributed by atoms with Crippen molar-refractivity contribution < 1.29 is 0 Å². The molecule has 0 atom stereocenters. The fourth-order valence-corrected chi connectivity index (χ4v) is 2.15. The summed E-state index contributed by atoms with van der Waals surface area (Å²) < 4.78 is 0. The van der Waals surface area contributed by atoms with E-state index in [2.05, 4.69) is 21.3 Å². The molecule has 1 aromatic rings. The third-order valence-corrected chi connectivity index (χ3v) is 3.13. The van der Waals surface area contributed by atoms with Crippen LogP contribution in [0.3, 0.4) is 0 Å². The Balaban J connectivity index is 1.88. The molecule has 0 radical (unpaired) electrons. The molecule has 0 amide bonds. The number of rotatable bonds is 3. The predicted octanol–water partition coefficient (Wildman–Crippen LogP) is 1.35. The Labute approximate surface area is 107 Å². The highest BCUT2D eigenvalue weighted by molar-refractivity contribution is 5.46. The normalized spacial score (nSPS) is 16.8. The molecule has 1 fully saturated rings. The first kappa shape index (κ1) is 12.3. The van der Waals surface area contributed by atoms with Gasteiger partial charge in [0, 0.05) is 31.0 Å². The Morgan fingerprint density at radius 3 is 2.83 bits per heavy atom. The van der Waals surface area contributed by atoms with Gasteiger partial charge in [-0.2, -0.15) is 10.5 Å². The molecule has 0 bridgehead atoms. The largest absolute Gasteiger partial charge is 0.382 e. The minimum Gasteiger partial charge on any atom is -0.382 e. The zero-order valence-electron chi connectivity index (χ0n) is 10.1. The standard InChI is InChI=1S/C13H15N5/c14-4-8-18-6-2-11(3-7-18)17-12-1-5-16-13(9-12)10-15/h1,5,9,11H,2-3,6-8H2,(H,16,17). The Hall–Kier alpha value is -2.11. The second-order valence-electron chi connectivity index (χ2n) is 4.39. The lowest BCUT2D eigenvalue weighted by Crippen LogP contribution is -2.39. The van der Waals surface area contributed by atoms with Gasteiger partial charge in [0.25, 0.3) is 0 Å². The number of nitrogens with one attached hydrogen (secondary N) is 1. The van der Waals surface area contributed by atoms with E-state index in [1.54, 1.807) is 12.3 Å². The molecular weight excluding hydrogens is 226 g/mol. The summed E-state index contributed by atoms with van der Waals surface area (Å²) in [5.74, 6) is 0. The van der Waals surface area contributed by atoms with Crippen LogP contribution in [-0.4, -0.2) is 35.6 Å². The number of pyridine rings is 1. The summed E-state index contributed by atoms with van der Waals surface area (Å²) in [5, 5.41) is 20.8. The summed E-state index contributed by atoms with van der Waals surface area (Å²) in [4.78, 5) is 6.10. The zero-order chi connectivity index (χ0) is 12.8. The highest BCUT2D eigenvalue weighted by Gasteiger charge is 2.18. The van der Waals surface area contributed by atoms with E-state index in [0.29, 0.717) is 18.3 Å². The molecule has 0 aromatic carbocycles. The Bertz CT molecular complexity index is 477. The number of piperidine rings is 1. The molecule has 2 rings (SSSR count). The third-order valence-electron chi connectivity index (χ3n) is 3.13. The second-order valence-corrected chi connectivity index (χ2v) is 4.39. The van der Waals surface area contributed by atoms with Crippen molar-refractivity contribution in [3.8, 4) is 12.1 Å². The first-order chi connectivity index (χ1) is 8.81. The zero-order valence-corrected chi connectivity index (χ0v) is 10.1. The molecule has 1 aromatic heterocycles. The molecule has 1 aliphatic rings. The van der Waals surface area contributed by atoms with Crippen molar-refractivity contribution in [2.24, 2.45) is 0 Å². The Kier molecular flexibility index (Phi) is 4.11. The van der Waals surface area contributed by atoms with Crippen molar-refractivity contribution in [2.45, 2.75) is 18.9 Å². The summed E-state index contributed by atoms with van der Waals surface area (Å²) in [6, 6.07) is 8.27. The molecule has 5 heteroatoms. The number of likely N-dealkylation sites (tertiary alicyclic amines) is 1. The Morgan fingerprint density at radius 1 is 1.39 bits per heavy atom. The number of aromatic nitrogens is 1. The maximum absolute atomic E-state index is 8.78. The first-order valence-corrected chi connectivity index (χ1v) is 6.04. The molecule has 1 aliphatic heterocycles. The number of anilines is 1. The molecule has 1 N–H and O–H groups in total. The lowest BCUT2D eigenvalue weighted by Gasteiger charge is -2.31. The number of nitriles is 2. The molecule has 92 valence electrons. The molecule has 2 heterocycles. The monoisotopic (exact) mass is 241 g/mol. The SMILES string of the molecule is N#CCN1CCC(Nc2ccnc(C#N)c2)CC1. The second kappa shape index (κ2) is 6.00. The van der Waals surface area contributed by atoms with Crippen LogP contribution in [0.15, 0.2) is 18.3 Å². The lowest BCUT2D eigenvalue weighted by molar-refractivity contribution is 0.242. The van der Waals surface area contributed by atoms with Crippen LogP contribution in [0.25, 0.3) is 0 Å². The topological polar surface area (TPSA) is 75.7 Å². The van der Waals surface area contributed by atoms with Crippen LogP contribution in [0.4, 0.5) is 5.69 Å². The van der Waals surface area contributed by atoms with E-state index in [1.165, 1.54) is 0 Å². The minimum absolute atomic E-state index is 0.411. The lowest BCUT2D eigenvalue weighted by atomic mass is 10.0. The van der Waals surface area contributed by atoms with Gasteiger partial charge in [0.05, 0.1) is 12.6 Å². The van der Waals surface area contributed by atoms with Crippen LogP contribution in [-0.2, 0) is 0 Å². The van der Waals surface area contributed by atoms with E-state index in [0.717, 1.165) is 31.6 Å². The first-order valence-electron chi connectivity index (χ1n) is 6.04. The summed E-state index contributed by atoms with van der Waals surface area (Å²) in [6.45, 7) is 2.41. The van der Waals surface area contributed by atoms with Gasteiger partial charge in [0.15, 0.2) is 0 Å². The van der Waals surface area contributed by atoms with E-state index < -0.39 is 0 Å². The van der Waals surface area contributed by atoms with Gasteiger partial charge < -0.3 is 5.32 Å².